The van der Waals surface area contributed by atoms with E-state index in [1.54, 1.807) is 0 Å². The van der Waals surface area contributed by atoms with Gasteiger partial charge in [0.05, 0.1) is 12.2 Å². The molecule has 5 nitrogen and oxygen atoms in total. The average Bonchev–Trinajstić information content (AvgIpc) is 2.83. The number of hydrogen-bond acceptors (Lipinski definition) is 4. The zero-order valence-corrected chi connectivity index (χ0v) is 11.0. The first kappa shape index (κ1) is 11.5. The summed E-state index contributed by atoms with van der Waals surface area (Å²) >= 11 is 0. The highest BCUT2D eigenvalue weighted by atomic mass is 16.5. The molecule has 5 heteroatoms. The minimum atomic E-state index is -0.0127. The van der Waals surface area contributed by atoms with Crippen molar-refractivity contribution in [3.05, 3.63) is 17.5 Å². The Balaban J connectivity index is 1.46. The van der Waals surface area contributed by atoms with Gasteiger partial charge in [-0.05, 0) is 26.2 Å². The molecule has 1 saturated carbocycles. The molecular formula is C14H18N2O3. The lowest BCUT2D eigenvalue weighted by atomic mass is 10.0. The first-order chi connectivity index (χ1) is 9.20. The predicted octanol–water partition coefficient (Wildman–Crippen LogP) is 1.80. The molecule has 2 aliphatic heterocycles. The van der Waals surface area contributed by atoms with Crippen LogP contribution in [0.5, 0.6) is 0 Å². The molecule has 2 saturated heterocycles. The van der Waals surface area contributed by atoms with E-state index in [9.17, 15) is 4.79 Å². The zero-order chi connectivity index (χ0) is 13.0. The van der Waals surface area contributed by atoms with Gasteiger partial charge >= 0.3 is 0 Å². The van der Waals surface area contributed by atoms with Crippen molar-refractivity contribution in [2.75, 3.05) is 13.1 Å². The molecule has 1 aliphatic carbocycles. The van der Waals surface area contributed by atoms with Gasteiger partial charge in [-0.15, -0.1) is 0 Å². The standard InChI is InChI=1S/C14H18N2O3/c1-8-4-10-6-16(7-13(10)18-8)14(17)11-5-12(19-15-11)9-2-3-9/h5,8-10,13H,2-4,6-7H2,1H3/t8-,10+,13-/m0/s1. The summed E-state index contributed by atoms with van der Waals surface area (Å²) < 4.78 is 11.1. The SMILES string of the molecule is C[C@H]1C[C@@H]2CN(C(=O)c3cc(C4CC4)on3)C[C@@H]2O1. The number of likely N-dealkylation sites (tertiary alicyclic amines) is 1. The van der Waals surface area contributed by atoms with Crippen LogP contribution in [-0.2, 0) is 4.74 Å². The quantitative estimate of drug-likeness (QED) is 0.815. The number of ether oxygens (including phenoxy) is 1. The van der Waals surface area contributed by atoms with Crippen molar-refractivity contribution in [3.63, 3.8) is 0 Å². The highest BCUT2D eigenvalue weighted by Gasteiger charge is 2.42. The van der Waals surface area contributed by atoms with Crippen LogP contribution < -0.4 is 0 Å². The fraction of sp³-hybridized carbons (Fsp3) is 0.714. The Morgan fingerprint density at radius 3 is 3.00 bits per heavy atom. The summed E-state index contributed by atoms with van der Waals surface area (Å²) in [5.41, 5.74) is 0.454. The second kappa shape index (κ2) is 4.07. The monoisotopic (exact) mass is 262 g/mol. The van der Waals surface area contributed by atoms with E-state index in [2.05, 4.69) is 12.1 Å². The van der Waals surface area contributed by atoms with Crippen LogP contribution in [0.15, 0.2) is 10.6 Å². The molecule has 1 amide bonds. The lowest BCUT2D eigenvalue weighted by Crippen LogP contribution is -2.31. The fourth-order valence-corrected chi connectivity index (χ4v) is 3.28. The highest BCUT2D eigenvalue weighted by Crippen LogP contribution is 2.40. The third-order valence-electron chi connectivity index (χ3n) is 4.44. The van der Waals surface area contributed by atoms with Crippen molar-refractivity contribution in [1.29, 1.82) is 0 Å². The molecule has 3 atom stereocenters. The highest BCUT2D eigenvalue weighted by molar-refractivity contribution is 5.92. The summed E-state index contributed by atoms with van der Waals surface area (Å²) in [7, 11) is 0. The predicted molar refractivity (Wildman–Crippen MR) is 66.8 cm³/mol. The average molecular weight is 262 g/mol. The van der Waals surface area contributed by atoms with Crippen LogP contribution in [0.3, 0.4) is 0 Å². The van der Waals surface area contributed by atoms with Crippen molar-refractivity contribution in [2.24, 2.45) is 5.92 Å². The molecule has 0 bridgehead atoms. The van der Waals surface area contributed by atoms with Gasteiger partial charge in [-0.2, -0.15) is 0 Å². The van der Waals surface area contributed by atoms with Crippen LogP contribution in [0.4, 0.5) is 0 Å². The lowest BCUT2D eigenvalue weighted by molar-refractivity contribution is 0.0440. The number of amides is 1. The summed E-state index contributed by atoms with van der Waals surface area (Å²) in [5.74, 6) is 1.85. The minimum absolute atomic E-state index is 0.0127. The third kappa shape index (κ3) is 1.96. The van der Waals surface area contributed by atoms with Gasteiger partial charge in [0.25, 0.3) is 5.91 Å². The van der Waals surface area contributed by atoms with Gasteiger partial charge in [0.1, 0.15) is 5.76 Å². The maximum atomic E-state index is 12.4. The van der Waals surface area contributed by atoms with Gasteiger partial charge in [-0.25, -0.2) is 0 Å². The Morgan fingerprint density at radius 2 is 2.26 bits per heavy atom. The van der Waals surface area contributed by atoms with Gasteiger partial charge < -0.3 is 14.2 Å². The van der Waals surface area contributed by atoms with Crippen LogP contribution in [-0.4, -0.2) is 41.3 Å². The molecule has 3 aliphatic rings. The smallest absolute Gasteiger partial charge is 0.276 e. The Bertz CT molecular complexity index is 495. The van der Waals surface area contributed by atoms with E-state index in [1.165, 1.54) is 0 Å². The van der Waals surface area contributed by atoms with Gasteiger partial charge in [-0.1, -0.05) is 5.16 Å². The van der Waals surface area contributed by atoms with Crippen LogP contribution in [0.2, 0.25) is 0 Å². The number of carbonyl (C=O) groups is 1. The molecule has 0 unspecified atom stereocenters. The summed E-state index contributed by atoms with van der Waals surface area (Å²) in [4.78, 5) is 14.2. The molecule has 0 aromatic carbocycles. The normalized spacial score (nSPS) is 33.7. The first-order valence-electron chi connectivity index (χ1n) is 7.12. The van der Waals surface area contributed by atoms with E-state index in [4.69, 9.17) is 9.26 Å². The Hall–Kier alpha value is -1.36. The lowest BCUT2D eigenvalue weighted by Gasteiger charge is -2.16. The largest absolute Gasteiger partial charge is 0.373 e. The Kier molecular flexibility index (Phi) is 2.45. The zero-order valence-electron chi connectivity index (χ0n) is 11.0. The molecule has 1 aromatic rings. The van der Waals surface area contributed by atoms with Gasteiger partial charge in [0.2, 0.25) is 0 Å². The van der Waals surface area contributed by atoms with Crippen molar-refractivity contribution in [2.45, 2.75) is 44.3 Å². The summed E-state index contributed by atoms with van der Waals surface area (Å²) in [5, 5.41) is 3.92. The van der Waals surface area contributed by atoms with Crippen molar-refractivity contribution < 1.29 is 14.1 Å². The van der Waals surface area contributed by atoms with E-state index in [0.717, 1.165) is 31.6 Å². The topological polar surface area (TPSA) is 55.6 Å². The Morgan fingerprint density at radius 1 is 1.42 bits per heavy atom. The van der Waals surface area contributed by atoms with Gasteiger partial charge in [0, 0.05) is 31.0 Å². The van der Waals surface area contributed by atoms with Crippen LogP contribution in [0.25, 0.3) is 0 Å². The molecule has 0 N–H and O–H groups in total. The fourth-order valence-electron chi connectivity index (χ4n) is 3.28. The van der Waals surface area contributed by atoms with Crippen LogP contribution >= 0.6 is 0 Å². The van der Waals surface area contributed by atoms with Gasteiger partial charge in [0.15, 0.2) is 5.69 Å². The molecular weight excluding hydrogens is 244 g/mol. The second-order valence-corrected chi connectivity index (χ2v) is 6.08. The summed E-state index contributed by atoms with van der Waals surface area (Å²) in [6, 6.07) is 1.82. The van der Waals surface area contributed by atoms with E-state index >= 15 is 0 Å². The number of fused-ring (bicyclic) bond motifs is 1. The number of carbonyl (C=O) groups excluding carboxylic acids is 1. The van der Waals surface area contributed by atoms with Crippen molar-refractivity contribution in [3.8, 4) is 0 Å². The number of rotatable bonds is 2. The minimum Gasteiger partial charge on any atom is -0.373 e. The molecule has 0 spiro atoms. The van der Waals surface area contributed by atoms with Crippen molar-refractivity contribution in [1.82, 2.24) is 10.1 Å². The van der Waals surface area contributed by atoms with Crippen LogP contribution in [0.1, 0.15) is 48.4 Å². The molecule has 19 heavy (non-hydrogen) atoms. The molecule has 4 rings (SSSR count). The molecule has 0 radical (unpaired) electrons. The Labute approximate surface area is 111 Å². The van der Waals surface area contributed by atoms with Crippen molar-refractivity contribution >= 4 is 5.91 Å². The molecule has 3 fully saturated rings. The molecule has 1 aromatic heterocycles. The maximum absolute atomic E-state index is 12.4. The summed E-state index contributed by atoms with van der Waals surface area (Å²) in [6.07, 6.45) is 3.92. The molecule has 102 valence electrons. The first-order valence-corrected chi connectivity index (χ1v) is 7.12. The van der Waals surface area contributed by atoms with E-state index < -0.39 is 0 Å². The second-order valence-electron chi connectivity index (χ2n) is 6.08. The summed E-state index contributed by atoms with van der Waals surface area (Å²) in [6.45, 7) is 3.59. The van der Waals surface area contributed by atoms with E-state index in [-0.39, 0.29) is 12.0 Å². The van der Waals surface area contributed by atoms with Crippen LogP contribution in [0, 0.1) is 5.92 Å². The molecule has 3 heterocycles. The maximum Gasteiger partial charge on any atom is 0.276 e. The number of hydrogen-bond donors (Lipinski definition) is 0. The van der Waals surface area contributed by atoms with E-state index in [1.807, 2.05) is 11.0 Å². The van der Waals surface area contributed by atoms with Gasteiger partial charge in [-0.3, -0.25) is 4.79 Å². The third-order valence-corrected chi connectivity index (χ3v) is 4.44. The number of aromatic nitrogens is 1. The number of nitrogens with zero attached hydrogens (tertiary/aromatic N) is 2. The van der Waals surface area contributed by atoms with E-state index in [0.29, 0.717) is 30.2 Å².